The molecule has 4 aliphatic rings. The number of hydroxylamine groups is 1. The standard InChI is InChI=1S/C30H38N4O9.BrH/c1-5-17(33-43-15-8-12(2)9-15)29(41)32-18-7-6-13-10-14-11-16-22(34(3)4)25(37)21(28(31)40)27(39)30(16,42)26(38)20(14)24(36)19(13)23(18)35;/h6-7,12,14-17,22,33,35,37-38,42H,5,8-11H2,1-4H3,(H2,31,40)(H,32,41);1H/t12?,14?,15?,16?,17?,22-,30?;/m0./s1. The molecule has 44 heavy (non-hydrogen) atoms. The van der Waals surface area contributed by atoms with E-state index in [4.69, 9.17) is 10.6 Å². The van der Waals surface area contributed by atoms with Crippen molar-refractivity contribution in [1.29, 1.82) is 0 Å². The van der Waals surface area contributed by atoms with Crippen LogP contribution in [0.4, 0.5) is 5.69 Å². The summed E-state index contributed by atoms with van der Waals surface area (Å²) in [5.41, 5.74) is 4.53. The Morgan fingerprint density at radius 3 is 2.39 bits per heavy atom. The Kier molecular flexibility index (Phi) is 9.34. The van der Waals surface area contributed by atoms with Crippen LogP contribution in [-0.4, -0.2) is 86.6 Å². The average molecular weight is 680 g/mol. The first kappa shape index (κ1) is 33.6. The van der Waals surface area contributed by atoms with Gasteiger partial charge in [-0.05, 0) is 69.7 Å². The number of hydrogen-bond acceptors (Lipinski definition) is 11. The Hall–Kier alpha value is -3.30. The number of anilines is 1. The van der Waals surface area contributed by atoms with E-state index in [-0.39, 0.29) is 52.8 Å². The lowest BCUT2D eigenvalue weighted by Crippen LogP contribution is -2.63. The number of rotatable bonds is 8. The molecule has 1 aromatic carbocycles. The summed E-state index contributed by atoms with van der Waals surface area (Å²) >= 11 is 0. The van der Waals surface area contributed by atoms with Gasteiger partial charge < -0.3 is 31.5 Å². The lowest BCUT2D eigenvalue weighted by Gasteiger charge is -2.50. The van der Waals surface area contributed by atoms with Crippen LogP contribution < -0.4 is 16.5 Å². The average Bonchev–Trinajstić information content (AvgIpc) is 2.91. The topological polar surface area (TPSA) is 212 Å². The number of nitrogens with two attached hydrogens (primary N) is 1. The minimum Gasteiger partial charge on any atom is -0.510 e. The van der Waals surface area contributed by atoms with Crippen molar-refractivity contribution in [3.8, 4) is 5.75 Å². The third-order valence-electron chi connectivity index (χ3n) is 9.29. The van der Waals surface area contributed by atoms with Crippen molar-refractivity contribution < 1.29 is 44.4 Å². The number of carbonyl (C=O) groups is 4. The van der Waals surface area contributed by atoms with Crippen LogP contribution in [-0.2, 0) is 25.6 Å². The van der Waals surface area contributed by atoms with Crippen molar-refractivity contribution in [2.24, 2.45) is 23.5 Å². The van der Waals surface area contributed by atoms with Gasteiger partial charge in [0.2, 0.25) is 11.7 Å². The molecular weight excluding hydrogens is 640 g/mol. The van der Waals surface area contributed by atoms with Crippen molar-refractivity contribution in [3.05, 3.63) is 45.9 Å². The van der Waals surface area contributed by atoms with Crippen LogP contribution in [0.5, 0.6) is 5.75 Å². The van der Waals surface area contributed by atoms with E-state index in [0.717, 1.165) is 12.8 Å². The van der Waals surface area contributed by atoms with Gasteiger partial charge in [-0.25, -0.2) is 0 Å². The Balaban J connectivity index is 0.00000442. The zero-order valence-electron chi connectivity index (χ0n) is 24.9. The molecule has 0 aromatic heterocycles. The van der Waals surface area contributed by atoms with Gasteiger partial charge in [0.15, 0.2) is 17.1 Å². The molecule has 0 heterocycles. The largest absolute Gasteiger partial charge is 0.510 e. The summed E-state index contributed by atoms with van der Waals surface area (Å²) in [7, 11) is 3.14. The van der Waals surface area contributed by atoms with Gasteiger partial charge >= 0.3 is 0 Å². The number of nitrogens with one attached hydrogen (secondary N) is 2. The molecule has 1 fully saturated rings. The number of carbonyl (C=O) groups excluding carboxylic acids is 4. The van der Waals surface area contributed by atoms with Crippen LogP contribution in [0.3, 0.4) is 0 Å². The number of hydrogen-bond donors (Lipinski definition) is 7. The normalized spacial score (nSPS) is 30.1. The van der Waals surface area contributed by atoms with E-state index in [0.29, 0.717) is 17.9 Å². The third kappa shape index (κ3) is 5.21. The lowest BCUT2D eigenvalue weighted by atomic mass is 9.58. The molecule has 240 valence electrons. The van der Waals surface area contributed by atoms with Crippen LogP contribution in [0, 0.1) is 17.8 Å². The highest BCUT2D eigenvalue weighted by atomic mass is 79.9. The number of ketones is 2. The zero-order valence-corrected chi connectivity index (χ0v) is 26.6. The van der Waals surface area contributed by atoms with Gasteiger partial charge in [-0.3, -0.25) is 28.9 Å². The van der Waals surface area contributed by atoms with E-state index in [1.165, 1.54) is 11.0 Å². The number of phenolic OH excluding ortho intramolecular Hbond substituents is 1. The molecule has 0 spiro atoms. The summed E-state index contributed by atoms with van der Waals surface area (Å²) in [5.74, 6) is -7.21. The van der Waals surface area contributed by atoms with Gasteiger partial charge in [0, 0.05) is 11.5 Å². The number of Topliss-reactive ketones (excluding diaryl/α,β-unsaturated/α-hetero) is 2. The molecule has 5 atom stereocenters. The van der Waals surface area contributed by atoms with Crippen molar-refractivity contribution in [2.75, 3.05) is 19.4 Å². The fourth-order valence-electron chi connectivity index (χ4n) is 6.97. The van der Waals surface area contributed by atoms with E-state index in [1.54, 1.807) is 27.1 Å². The predicted molar refractivity (Wildman–Crippen MR) is 163 cm³/mol. The van der Waals surface area contributed by atoms with Crippen LogP contribution >= 0.6 is 17.0 Å². The molecule has 14 heteroatoms. The molecule has 0 bridgehead atoms. The number of benzene rings is 1. The van der Waals surface area contributed by atoms with Gasteiger partial charge in [-0.2, -0.15) is 5.48 Å². The quantitative estimate of drug-likeness (QED) is 0.119. The molecule has 4 unspecified atom stereocenters. The number of allylic oxidation sites excluding steroid dienone is 1. The summed E-state index contributed by atoms with van der Waals surface area (Å²) in [6.07, 6.45) is 2.34. The van der Waals surface area contributed by atoms with Crippen molar-refractivity contribution >= 4 is 46.0 Å². The Morgan fingerprint density at radius 2 is 1.82 bits per heavy atom. The van der Waals surface area contributed by atoms with Gasteiger partial charge in [0.1, 0.15) is 23.1 Å². The highest BCUT2D eigenvalue weighted by molar-refractivity contribution is 8.93. The molecule has 8 N–H and O–H groups in total. The van der Waals surface area contributed by atoms with Crippen LogP contribution in [0.15, 0.2) is 34.8 Å². The molecule has 13 nitrogen and oxygen atoms in total. The van der Waals surface area contributed by atoms with Crippen molar-refractivity contribution in [3.63, 3.8) is 0 Å². The monoisotopic (exact) mass is 678 g/mol. The maximum atomic E-state index is 13.9. The van der Waals surface area contributed by atoms with E-state index in [9.17, 15) is 39.6 Å². The molecular formula is C30H39BrN4O9. The summed E-state index contributed by atoms with van der Waals surface area (Å²) < 4.78 is 0. The van der Waals surface area contributed by atoms with E-state index in [2.05, 4.69) is 17.7 Å². The second-order valence-corrected chi connectivity index (χ2v) is 12.3. The second kappa shape index (κ2) is 12.2. The number of primary amides is 1. The summed E-state index contributed by atoms with van der Waals surface area (Å²) in [4.78, 5) is 59.5. The van der Waals surface area contributed by atoms with E-state index < -0.39 is 75.7 Å². The van der Waals surface area contributed by atoms with E-state index >= 15 is 0 Å². The minimum absolute atomic E-state index is 0. The van der Waals surface area contributed by atoms with Crippen molar-refractivity contribution in [1.82, 2.24) is 10.4 Å². The molecule has 0 radical (unpaired) electrons. The Morgan fingerprint density at radius 1 is 1.16 bits per heavy atom. The summed E-state index contributed by atoms with van der Waals surface area (Å²) in [6.45, 7) is 3.91. The first-order valence-electron chi connectivity index (χ1n) is 14.4. The fourth-order valence-corrected chi connectivity index (χ4v) is 6.97. The highest BCUT2D eigenvalue weighted by Gasteiger charge is 2.63. The lowest BCUT2D eigenvalue weighted by molar-refractivity contribution is -0.148. The number of phenols is 1. The van der Waals surface area contributed by atoms with E-state index in [1.807, 2.05) is 0 Å². The fraction of sp³-hybridized carbons (Fsp3) is 0.533. The molecule has 0 saturated heterocycles. The summed E-state index contributed by atoms with van der Waals surface area (Å²) in [5, 5.41) is 47.7. The molecule has 5 rings (SSSR count). The Bertz CT molecular complexity index is 1470. The predicted octanol–water partition coefficient (Wildman–Crippen LogP) is 1.74. The molecule has 1 saturated carbocycles. The molecule has 0 aliphatic heterocycles. The van der Waals surface area contributed by atoms with Crippen LogP contribution in [0.1, 0.15) is 55.5 Å². The number of aliphatic hydroxyl groups is 3. The van der Waals surface area contributed by atoms with Crippen molar-refractivity contribution in [2.45, 2.75) is 69.7 Å². The maximum absolute atomic E-state index is 13.9. The van der Waals surface area contributed by atoms with Gasteiger partial charge in [-0.1, -0.05) is 19.9 Å². The number of aromatic hydroxyl groups is 1. The number of amides is 2. The summed E-state index contributed by atoms with van der Waals surface area (Å²) in [6, 6.07) is 1.28. The first-order chi connectivity index (χ1) is 20.2. The first-order valence-corrected chi connectivity index (χ1v) is 14.4. The number of likely N-dealkylation sites (N-methyl/N-ethyl adjacent to an activating group) is 1. The third-order valence-corrected chi connectivity index (χ3v) is 9.29. The van der Waals surface area contributed by atoms with Crippen LogP contribution in [0.25, 0.3) is 0 Å². The number of fused-ring (bicyclic) bond motifs is 3. The van der Waals surface area contributed by atoms with Crippen LogP contribution in [0.2, 0.25) is 0 Å². The molecule has 1 aromatic rings. The Labute approximate surface area is 264 Å². The molecule has 4 aliphatic carbocycles. The van der Waals surface area contributed by atoms with Gasteiger partial charge in [0.25, 0.3) is 5.91 Å². The maximum Gasteiger partial charge on any atom is 0.255 e. The number of halogens is 1. The molecule has 2 amide bonds. The minimum atomic E-state index is -2.72. The number of nitrogens with zero attached hydrogens (tertiary/aromatic N) is 1. The second-order valence-electron chi connectivity index (χ2n) is 12.3. The van der Waals surface area contributed by atoms with Gasteiger partial charge in [0.05, 0.1) is 23.4 Å². The smallest absolute Gasteiger partial charge is 0.255 e. The van der Waals surface area contributed by atoms with Gasteiger partial charge in [-0.15, -0.1) is 17.0 Å². The zero-order chi connectivity index (χ0) is 31.5. The highest BCUT2D eigenvalue weighted by Crippen LogP contribution is 2.52. The SMILES string of the molecule is Br.CCC(NOC1CC(C)C1)C(=O)Nc1ccc2c(c1O)C(=O)C1=C(O)C3(O)C(=O)C(C(N)=O)=C(O)[C@@H](N(C)C)C3CC1C2. The number of aliphatic hydroxyl groups excluding tert-OH is 2.